The fraction of sp³-hybridized carbons (Fsp3) is 0.235. The number of anilines is 1. The van der Waals surface area contributed by atoms with Crippen LogP contribution in [0.15, 0.2) is 53.4 Å². The highest BCUT2D eigenvalue weighted by atomic mass is 35.5. The van der Waals surface area contributed by atoms with Crippen molar-refractivity contribution in [2.75, 3.05) is 18.9 Å². The zero-order valence-electron chi connectivity index (χ0n) is 13.6. The average molecular weight is 401 g/mol. The van der Waals surface area contributed by atoms with E-state index in [-0.39, 0.29) is 23.8 Å². The summed E-state index contributed by atoms with van der Waals surface area (Å²) in [6.45, 7) is 0.242. The predicted octanol–water partition coefficient (Wildman–Crippen LogP) is 4.03. The first kappa shape index (κ1) is 19.7. The van der Waals surface area contributed by atoms with E-state index in [4.69, 9.17) is 23.2 Å². The van der Waals surface area contributed by atoms with E-state index in [0.717, 1.165) is 0 Å². The van der Waals surface area contributed by atoms with E-state index in [1.165, 1.54) is 11.4 Å². The number of sulfonamides is 1. The molecule has 0 aromatic heterocycles. The van der Waals surface area contributed by atoms with Crippen LogP contribution in [0.25, 0.3) is 0 Å². The van der Waals surface area contributed by atoms with Crippen LogP contribution in [0.4, 0.5) is 5.69 Å². The second kappa shape index (κ2) is 8.67. The van der Waals surface area contributed by atoms with Gasteiger partial charge in [-0.3, -0.25) is 4.79 Å². The molecule has 0 spiro atoms. The maximum absolute atomic E-state index is 12.4. The number of halogens is 2. The summed E-state index contributed by atoms with van der Waals surface area (Å²) in [6.07, 6.45) is 0.588. The van der Waals surface area contributed by atoms with Gasteiger partial charge >= 0.3 is 0 Å². The minimum absolute atomic E-state index is 0.189. The number of carbonyl (C=O) groups excluding carboxylic acids is 1. The lowest BCUT2D eigenvalue weighted by atomic mass is 10.2. The first-order valence-electron chi connectivity index (χ1n) is 7.57. The van der Waals surface area contributed by atoms with E-state index in [9.17, 15) is 13.2 Å². The minimum atomic E-state index is -3.54. The van der Waals surface area contributed by atoms with Gasteiger partial charge < -0.3 is 5.32 Å². The van der Waals surface area contributed by atoms with Crippen molar-refractivity contribution in [2.45, 2.75) is 17.7 Å². The van der Waals surface area contributed by atoms with E-state index in [1.54, 1.807) is 48.5 Å². The van der Waals surface area contributed by atoms with E-state index in [0.29, 0.717) is 22.2 Å². The van der Waals surface area contributed by atoms with Gasteiger partial charge in [-0.2, -0.15) is 0 Å². The third-order valence-electron chi connectivity index (χ3n) is 3.53. The summed E-state index contributed by atoms with van der Waals surface area (Å²) >= 11 is 11.7. The molecule has 1 N–H and O–H groups in total. The second-order valence-corrected chi connectivity index (χ2v) is 8.28. The number of rotatable bonds is 7. The highest BCUT2D eigenvalue weighted by Gasteiger charge is 2.20. The molecule has 5 nitrogen and oxygen atoms in total. The van der Waals surface area contributed by atoms with Crippen molar-refractivity contribution >= 4 is 44.8 Å². The van der Waals surface area contributed by atoms with Gasteiger partial charge in [0, 0.05) is 25.7 Å². The van der Waals surface area contributed by atoms with Crippen LogP contribution >= 0.6 is 23.2 Å². The third-order valence-corrected chi connectivity index (χ3v) is 6.14. The summed E-state index contributed by atoms with van der Waals surface area (Å²) in [5.74, 6) is -0.219. The Hall–Kier alpha value is -1.60. The summed E-state index contributed by atoms with van der Waals surface area (Å²) in [7, 11) is -2.04. The van der Waals surface area contributed by atoms with Crippen molar-refractivity contribution in [1.29, 1.82) is 0 Å². The molecule has 0 fully saturated rings. The van der Waals surface area contributed by atoms with E-state index in [2.05, 4.69) is 5.32 Å². The number of benzene rings is 2. The molecule has 0 unspecified atom stereocenters. The first-order chi connectivity index (χ1) is 11.8. The Morgan fingerprint density at radius 1 is 1.08 bits per heavy atom. The molecule has 0 saturated heterocycles. The van der Waals surface area contributed by atoms with Gasteiger partial charge in [-0.25, -0.2) is 12.7 Å². The molecular weight excluding hydrogens is 383 g/mol. The Balaban J connectivity index is 1.85. The maximum Gasteiger partial charge on any atom is 0.242 e. The predicted molar refractivity (Wildman–Crippen MR) is 101 cm³/mol. The van der Waals surface area contributed by atoms with Crippen molar-refractivity contribution in [3.63, 3.8) is 0 Å². The largest absolute Gasteiger partial charge is 0.326 e. The summed E-state index contributed by atoms with van der Waals surface area (Å²) in [6, 6.07) is 13.0. The summed E-state index contributed by atoms with van der Waals surface area (Å²) in [5.41, 5.74) is 0.546. The smallest absolute Gasteiger partial charge is 0.242 e. The minimum Gasteiger partial charge on any atom is -0.326 e. The number of hydrogen-bond donors (Lipinski definition) is 1. The summed E-state index contributed by atoms with van der Waals surface area (Å²) in [4.78, 5) is 12.2. The Morgan fingerprint density at radius 2 is 1.76 bits per heavy atom. The van der Waals surface area contributed by atoms with Gasteiger partial charge in [0.1, 0.15) is 0 Å². The molecule has 2 rings (SSSR count). The zero-order chi connectivity index (χ0) is 18.4. The van der Waals surface area contributed by atoms with Crippen LogP contribution in [0, 0.1) is 0 Å². The van der Waals surface area contributed by atoms with Gasteiger partial charge in [-0.05, 0) is 36.8 Å². The van der Waals surface area contributed by atoms with Gasteiger partial charge in [-0.15, -0.1) is 0 Å². The molecule has 25 heavy (non-hydrogen) atoms. The van der Waals surface area contributed by atoms with Gasteiger partial charge in [0.25, 0.3) is 0 Å². The summed E-state index contributed by atoms with van der Waals surface area (Å²) < 4.78 is 26.0. The fourth-order valence-electron chi connectivity index (χ4n) is 2.15. The Morgan fingerprint density at radius 3 is 2.40 bits per heavy atom. The van der Waals surface area contributed by atoms with Crippen LogP contribution in [0.5, 0.6) is 0 Å². The molecular formula is C17H18Cl2N2O3S. The zero-order valence-corrected chi connectivity index (χ0v) is 15.9. The maximum atomic E-state index is 12.4. The number of nitrogens with one attached hydrogen (secondary N) is 1. The van der Waals surface area contributed by atoms with Crippen molar-refractivity contribution in [3.8, 4) is 0 Å². The second-order valence-electron chi connectivity index (χ2n) is 5.42. The van der Waals surface area contributed by atoms with Gasteiger partial charge in [0.2, 0.25) is 15.9 Å². The Bertz CT molecular complexity index is 842. The Kier molecular flexibility index (Phi) is 6.84. The SMILES string of the molecule is CN(CCCC(=O)Nc1ccc(Cl)c(Cl)c1)S(=O)(=O)c1ccccc1. The molecule has 0 bridgehead atoms. The molecule has 0 aliphatic heterocycles. The molecule has 0 aliphatic carbocycles. The van der Waals surface area contributed by atoms with Crippen molar-refractivity contribution in [2.24, 2.45) is 0 Å². The molecule has 134 valence electrons. The van der Waals surface area contributed by atoms with Crippen LogP contribution in [-0.2, 0) is 14.8 Å². The molecule has 0 atom stereocenters. The normalized spacial score (nSPS) is 11.5. The number of nitrogens with zero attached hydrogens (tertiary/aromatic N) is 1. The molecule has 0 saturated carbocycles. The molecule has 2 aromatic rings. The van der Waals surface area contributed by atoms with Crippen molar-refractivity contribution in [1.82, 2.24) is 4.31 Å². The third kappa shape index (κ3) is 5.44. The molecule has 8 heteroatoms. The van der Waals surface area contributed by atoms with Gasteiger partial charge in [0.15, 0.2) is 0 Å². The monoisotopic (exact) mass is 400 g/mol. The molecule has 1 amide bonds. The van der Waals surface area contributed by atoms with Crippen molar-refractivity contribution < 1.29 is 13.2 Å². The van der Waals surface area contributed by atoms with Crippen molar-refractivity contribution in [3.05, 3.63) is 58.6 Å². The average Bonchev–Trinajstić information content (AvgIpc) is 2.59. The summed E-state index contributed by atoms with van der Waals surface area (Å²) in [5, 5.41) is 3.47. The number of carbonyl (C=O) groups is 1. The number of hydrogen-bond acceptors (Lipinski definition) is 3. The van der Waals surface area contributed by atoms with E-state index < -0.39 is 10.0 Å². The molecule has 0 aliphatic rings. The van der Waals surface area contributed by atoms with Gasteiger partial charge in [0.05, 0.1) is 14.9 Å². The molecule has 2 aromatic carbocycles. The Labute approximate surface area is 157 Å². The lowest BCUT2D eigenvalue weighted by Crippen LogP contribution is -2.28. The lowest BCUT2D eigenvalue weighted by Gasteiger charge is -2.17. The highest BCUT2D eigenvalue weighted by molar-refractivity contribution is 7.89. The van der Waals surface area contributed by atoms with Crippen LogP contribution in [0.3, 0.4) is 0 Å². The quantitative estimate of drug-likeness (QED) is 0.762. The van der Waals surface area contributed by atoms with Crippen LogP contribution in [-0.4, -0.2) is 32.2 Å². The molecule has 0 heterocycles. The van der Waals surface area contributed by atoms with Gasteiger partial charge in [-0.1, -0.05) is 41.4 Å². The molecule has 0 radical (unpaired) electrons. The van der Waals surface area contributed by atoms with E-state index in [1.807, 2.05) is 0 Å². The first-order valence-corrected chi connectivity index (χ1v) is 9.76. The fourth-order valence-corrected chi connectivity index (χ4v) is 3.68. The lowest BCUT2D eigenvalue weighted by molar-refractivity contribution is -0.116. The van der Waals surface area contributed by atoms with Crippen LogP contribution in [0.2, 0.25) is 10.0 Å². The number of amides is 1. The standard InChI is InChI=1S/C17H18Cl2N2O3S/c1-21(25(23,24)14-6-3-2-4-7-14)11-5-8-17(22)20-13-9-10-15(18)16(19)12-13/h2-4,6-7,9-10,12H,5,8,11H2,1H3,(H,20,22). The highest BCUT2D eigenvalue weighted by Crippen LogP contribution is 2.25. The van der Waals surface area contributed by atoms with E-state index >= 15 is 0 Å². The van der Waals surface area contributed by atoms with Crippen LogP contribution in [0.1, 0.15) is 12.8 Å². The van der Waals surface area contributed by atoms with Crippen LogP contribution < -0.4 is 5.32 Å². The topological polar surface area (TPSA) is 66.5 Å².